The van der Waals surface area contributed by atoms with E-state index in [1.165, 1.54) is 21.9 Å². The van der Waals surface area contributed by atoms with Gasteiger partial charge in [0.05, 0.1) is 7.11 Å². The molecule has 0 radical (unpaired) electrons. The van der Waals surface area contributed by atoms with Crippen molar-refractivity contribution < 1.29 is 4.74 Å². The highest BCUT2D eigenvalue weighted by Crippen LogP contribution is 2.20. The number of fused-ring (bicyclic) bond motifs is 1. The molecule has 0 aliphatic carbocycles. The van der Waals surface area contributed by atoms with Gasteiger partial charge in [-0.25, -0.2) is 0 Å². The molecule has 0 unspecified atom stereocenters. The van der Waals surface area contributed by atoms with Crippen molar-refractivity contribution >= 4 is 10.8 Å². The lowest BCUT2D eigenvalue weighted by atomic mass is 10.1. The largest absolute Gasteiger partial charge is 0.497 e. The summed E-state index contributed by atoms with van der Waals surface area (Å²) in [5, 5.41) is 6.15. The zero-order chi connectivity index (χ0) is 15.4. The van der Waals surface area contributed by atoms with Crippen LogP contribution in [0, 0.1) is 0 Å². The number of rotatable bonds is 5. The fourth-order valence-corrected chi connectivity index (χ4v) is 2.65. The molecule has 0 spiro atoms. The molecule has 3 rings (SSSR count). The molecule has 0 bridgehead atoms. The van der Waals surface area contributed by atoms with Gasteiger partial charge in [0.15, 0.2) is 0 Å². The van der Waals surface area contributed by atoms with Crippen LogP contribution in [0.1, 0.15) is 24.1 Å². The predicted molar refractivity (Wildman–Crippen MR) is 92.2 cm³/mol. The van der Waals surface area contributed by atoms with Crippen molar-refractivity contribution in [2.45, 2.75) is 19.5 Å². The molecule has 3 aromatic rings. The van der Waals surface area contributed by atoms with Gasteiger partial charge in [0, 0.05) is 12.6 Å². The summed E-state index contributed by atoms with van der Waals surface area (Å²) in [6.07, 6.45) is 0. The number of ether oxygens (including phenoxy) is 1. The Morgan fingerprint density at radius 3 is 2.55 bits per heavy atom. The third kappa shape index (κ3) is 3.29. The highest BCUT2D eigenvalue weighted by molar-refractivity contribution is 5.82. The standard InChI is InChI=1S/C20H21NO/c1-15(18-8-5-9-20(13-18)22-2)21-14-16-10-11-17-6-3-4-7-19(17)12-16/h3-13,15,21H,14H2,1-2H3/t15-/m0/s1. The van der Waals surface area contributed by atoms with Gasteiger partial charge in [0.2, 0.25) is 0 Å². The van der Waals surface area contributed by atoms with Crippen molar-refractivity contribution in [3.05, 3.63) is 77.9 Å². The van der Waals surface area contributed by atoms with Crippen LogP contribution in [-0.4, -0.2) is 7.11 Å². The lowest BCUT2D eigenvalue weighted by molar-refractivity contribution is 0.413. The maximum absolute atomic E-state index is 5.29. The first-order valence-electron chi connectivity index (χ1n) is 7.61. The summed E-state index contributed by atoms with van der Waals surface area (Å²) in [5.41, 5.74) is 2.54. The van der Waals surface area contributed by atoms with Gasteiger partial charge in [-0.3, -0.25) is 0 Å². The number of methoxy groups -OCH3 is 1. The average Bonchev–Trinajstić information content (AvgIpc) is 2.59. The van der Waals surface area contributed by atoms with Gasteiger partial charge >= 0.3 is 0 Å². The average molecular weight is 291 g/mol. The number of benzene rings is 3. The summed E-state index contributed by atoms with van der Waals surface area (Å²) >= 11 is 0. The maximum Gasteiger partial charge on any atom is 0.119 e. The van der Waals surface area contributed by atoms with Gasteiger partial charge in [-0.15, -0.1) is 0 Å². The van der Waals surface area contributed by atoms with Crippen molar-refractivity contribution in [2.24, 2.45) is 0 Å². The maximum atomic E-state index is 5.29. The minimum Gasteiger partial charge on any atom is -0.497 e. The van der Waals surface area contributed by atoms with Crippen LogP contribution in [0.2, 0.25) is 0 Å². The van der Waals surface area contributed by atoms with Crippen LogP contribution < -0.4 is 10.1 Å². The Labute approximate surface area is 131 Å². The number of hydrogen-bond acceptors (Lipinski definition) is 2. The molecular formula is C20H21NO. The lowest BCUT2D eigenvalue weighted by Crippen LogP contribution is -2.18. The van der Waals surface area contributed by atoms with Crippen molar-refractivity contribution in [3.8, 4) is 5.75 Å². The Morgan fingerprint density at radius 1 is 0.909 bits per heavy atom. The van der Waals surface area contributed by atoms with E-state index in [2.05, 4.69) is 66.8 Å². The monoisotopic (exact) mass is 291 g/mol. The van der Waals surface area contributed by atoms with Crippen LogP contribution >= 0.6 is 0 Å². The molecule has 0 saturated heterocycles. The van der Waals surface area contributed by atoms with E-state index in [0.29, 0.717) is 0 Å². The first-order chi connectivity index (χ1) is 10.8. The van der Waals surface area contributed by atoms with E-state index in [9.17, 15) is 0 Å². The third-order valence-electron chi connectivity index (χ3n) is 4.02. The van der Waals surface area contributed by atoms with E-state index in [1.54, 1.807) is 7.11 Å². The summed E-state index contributed by atoms with van der Waals surface area (Å²) in [6.45, 7) is 3.03. The van der Waals surface area contributed by atoms with E-state index in [1.807, 2.05) is 12.1 Å². The zero-order valence-electron chi connectivity index (χ0n) is 13.0. The van der Waals surface area contributed by atoms with Crippen LogP contribution in [0.3, 0.4) is 0 Å². The first kappa shape index (κ1) is 14.6. The second kappa shape index (κ2) is 6.63. The number of hydrogen-bond donors (Lipinski definition) is 1. The van der Waals surface area contributed by atoms with E-state index in [4.69, 9.17) is 4.74 Å². The van der Waals surface area contributed by atoms with Crippen LogP contribution in [0.15, 0.2) is 66.7 Å². The molecule has 0 aromatic heterocycles. The van der Waals surface area contributed by atoms with Crippen LogP contribution in [0.5, 0.6) is 5.75 Å². The summed E-state index contributed by atoms with van der Waals surface area (Å²) in [4.78, 5) is 0. The molecule has 1 atom stereocenters. The minimum atomic E-state index is 0.279. The van der Waals surface area contributed by atoms with Crippen molar-refractivity contribution in [1.29, 1.82) is 0 Å². The summed E-state index contributed by atoms with van der Waals surface area (Å²) in [7, 11) is 1.70. The SMILES string of the molecule is COc1cccc([C@H](C)NCc2ccc3ccccc3c2)c1. The van der Waals surface area contributed by atoms with Crippen molar-refractivity contribution in [1.82, 2.24) is 5.32 Å². The Kier molecular flexibility index (Phi) is 4.40. The molecule has 112 valence electrons. The highest BCUT2D eigenvalue weighted by Gasteiger charge is 2.06. The molecule has 0 amide bonds. The summed E-state index contributed by atoms with van der Waals surface area (Å²) in [5.74, 6) is 0.900. The molecule has 2 nitrogen and oxygen atoms in total. The summed E-state index contributed by atoms with van der Waals surface area (Å²) < 4.78 is 5.29. The van der Waals surface area contributed by atoms with Crippen molar-refractivity contribution in [2.75, 3.05) is 7.11 Å². The van der Waals surface area contributed by atoms with Gasteiger partial charge in [0.1, 0.15) is 5.75 Å². The molecular weight excluding hydrogens is 270 g/mol. The van der Waals surface area contributed by atoms with E-state index < -0.39 is 0 Å². The second-order valence-electron chi connectivity index (χ2n) is 5.56. The van der Waals surface area contributed by atoms with E-state index >= 15 is 0 Å². The lowest BCUT2D eigenvalue weighted by Gasteiger charge is -2.15. The molecule has 0 aliphatic heterocycles. The van der Waals surface area contributed by atoms with Gasteiger partial charge in [-0.1, -0.05) is 48.5 Å². The quantitative estimate of drug-likeness (QED) is 0.735. The summed E-state index contributed by atoms with van der Waals surface area (Å²) in [6, 6.07) is 23.6. The third-order valence-corrected chi connectivity index (χ3v) is 4.02. The molecule has 0 fully saturated rings. The Hall–Kier alpha value is -2.32. The van der Waals surface area contributed by atoms with E-state index in [-0.39, 0.29) is 6.04 Å². The van der Waals surface area contributed by atoms with Gasteiger partial charge in [-0.2, -0.15) is 0 Å². The number of nitrogens with one attached hydrogen (secondary N) is 1. The smallest absolute Gasteiger partial charge is 0.119 e. The topological polar surface area (TPSA) is 21.3 Å². The molecule has 1 N–H and O–H groups in total. The van der Waals surface area contributed by atoms with Crippen LogP contribution in [-0.2, 0) is 6.54 Å². The Bertz CT molecular complexity index is 766. The molecule has 3 aromatic carbocycles. The molecule has 0 heterocycles. The second-order valence-corrected chi connectivity index (χ2v) is 5.56. The fourth-order valence-electron chi connectivity index (χ4n) is 2.65. The first-order valence-corrected chi connectivity index (χ1v) is 7.61. The van der Waals surface area contributed by atoms with Gasteiger partial charge in [0.25, 0.3) is 0 Å². The highest BCUT2D eigenvalue weighted by atomic mass is 16.5. The van der Waals surface area contributed by atoms with Crippen LogP contribution in [0.4, 0.5) is 0 Å². The molecule has 2 heteroatoms. The van der Waals surface area contributed by atoms with Gasteiger partial charge in [-0.05, 0) is 47.0 Å². The predicted octanol–water partition coefficient (Wildman–Crippen LogP) is 4.70. The van der Waals surface area contributed by atoms with E-state index in [0.717, 1.165) is 12.3 Å². The minimum absolute atomic E-state index is 0.279. The normalized spacial score (nSPS) is 12.3. The molecule has 0 aliphatic rings. The van der Waals surface area contributed by atoms with Crippen LogP contribution in [0.25, 0.3) is 10.8 Å². The van der Waals surface area contributed by atoms with Gasteiger partial charge < -0.3 is 10.1 Å². The molecule has 22 heavy (non-hydrogen) atoms. The Balaban J connectivity index is 1.70. The molecule has 0 saturated carbocycles. The van der Waals surface area contributed by atoms with Crippen molar-refractivity contribution in [3.63, 3.8) is 0 Å². The fraction of sp³-hybridized carbons (Fsp3) is 0.200. The Morgan fingerprint density at radius 2 is 1.73 bits per heavy atom. The zero-order valence-corrected chi connectivity index (χ0v) is 13.0.